The summed E-state index contributed by atoms with van der Waals surface area (Å²) in [5.41, 5.74) is 0. The zero-order valence-electron chi connectivity index (χ0n) is 5.81. The molecule has 2 heteroatoms. The van der Waals surface area contributed by atoms with E-state index in [2.05, 4.69) is 12.2 Å². The summed E-state index contributed by atoms with van der Waals surface area (Å²) >= 11 is 5.10. The van der Waals surface area contributed by atoms with Crippen LogP contribution in [0.1, 0.15) is 26.2 Å². The molecule has 1 atom stereocenters. The first-order valence-corrected chi connectivity index (χ1v) is 3.99. The van der Waals surface area contributed by atoms with Gasteiger partial charge in [0, 0.05) is 12.5 Å². The van der Waals surface area contributed by atoms with E-state index in [1.807, 2.05) is 0 Å². The largest absolute Gasteiger partial charge is 0.379 e. The van der Waals surface area contributed by atoms with Crippen LogP contribution in [0, 0.1) is 5.92 Å². The molecule has 52 valence electrons. The van der Waals surface area contributed by atoms with Crippen LogP contribution < -0.4 is 5.32 Å². The van der Waals surface area contributed by atoms with Crippen LogP contribution in [0.3, 0.4) is 0 Å². The Morgan fingerprint density at radius 3 is 3.11 bits per heavy atom. The predicted molar refractivity (Wildman–Crippen MR) is 43.6 cm³/mol. The van der Waals surface area contributed by atoms with E-state index in [4.69, 9.17) is 12.2 Å². The molecule has 1 rings (SSSR count). The van der Waals surface area contributed by atoms with Gasteiger partial charge in [0.2, 0.25) is 0 Å². The zero-order chi connectivity index (χ0) is 6.69. The van der Waals surface area contributed by atoms with Crippen molar-refractivity contribution in [1.82, 2.24) is 5.32 Å². The zero-order valence-corrected chi connectivity index (χ0v) is 6.63. The fourth-order valence-electron chi connectivity index (χ4n) is 1.09. The first-order chi connectivity index (χ1) is 4.30. The third kappa shape index (κ3) is 1.94. The van der Waals surface area contributed by atoms with Gasteiger partial charge in [0.15, 0.2) is 0 Å². The summed E-state index contributed by atoms with van der Waals surface area (Å²) < 4.78 is 0. The van der Waals surface area contributed by atoms with E-state index in [0.29, 0.717) is 5.92 Å². The van der Waals surface area contributed by atoms with Gasteiger partial charge in [0.25, 0.3) is 0 Å². The smallest absolute Gasteiger partial charge is 0.0781 e. The summed E-state index contributed by atoms with van der Waals surface area (Å²) in [5, 5.41) is 3.23. The van der Waals surface area contributed by atoms with Crippen LogP contribution in [0.2, 0.25) is 0 Å². The molecule has 0 unspecified atom stereocenters. The molecular formula is C7H13NS. The fraction of sp³-hybridized carbons (Fsp3) is 0.857. The molecular weight excluding hydrogens is 130 g/mol. The molecule has 1 nitrogen and oxygen atoms in total. The van der Waals surface area contributed by atoms with Crippen LogP contribution in [0.15, 0.2) is 0 Å². The summed E-state index contributed by atoms with van der Waals surface area (Å²) in [4.78, 5) is 1.06. The highest BCUT2D eigenvalue weighted by atomic mass is 32.1. The number of hydrogen-bond acceptors (Lipinski definition) is 1. The molecule has 0 saturated carbocycles. The maximum Gasteiger partial charge on any atom is 0.0781 e. The fourth-order valence-corrected chi connectivity index (χ4v) is 1.31. The Hall–Kier alpha value is -0.110. The topological polar surface area (TPSA) is 12.0 Å². The minimum atomic E-state index is 0.613. The molecule has 0 aromatic rings. The predicted octanol–water partition coefficient (Wildman–Crippen LogP) is 1.72. The molecule has 1 saturated heterocycles. The van der Waals surface area contributed by atoms with Crippen molar-refractivity contribution in [2.45, 2.75) is 26.2 Å². The second-order valence-corrected chi connectivity index (χ2v) is 3.13. The second-order valence-electron chi connectivity index (χ2n) is 2.69. The highest BCUT2D eigenvalue weighted by molar-refractivity contribution is 7.80. The van der Waals surface area contributed by atoms with E-state index < -0.39 is 0 Å². The first kappa shape index (κ1) is 7.00. The normalized spacial score (nSPS) is 29.0. The minimum absolute atomic E-state index is 0.613. The maximum atomic E-state index is 5.10. The van der Waals surface area contributed by atoms with E-state index in [-0.39, 0.29) is 0 Å². The molecule has 0 bridgehead atoms. The Balaban J connectivity index is 2.41. The molecule has 0 amide bonds. The maximum absolute atomic E-state index is 5.10. The lowest BCUT2D eigenvalue weighted by atomic mass is 10.1. The van der Waals surface area contributed by atoms with Gasteiger partial charge in [0.05, 0.1) is 4.99 Å². The number of nitrogens with one attached hydrogen (secondary N) is 1. The van der Waals surface area contributed by atoms with Crippen molar-refractivity contribution in [3.8, 4) is 0 Å². The Bertz CT molecular complexity index is 111. The van der Waals surface area contributed by atoms with Crippen molar-refractivity contribution in [1.29, 1.82) is 0 Å². The minimum Gasteiger partial charge on any atom is -0.379 e. The Labute approximate surface area is 61.8 Å². The molecule has 1 aliphatic rings. The Kier molecular flexibility index (Phi) is 2.46. The van der Waals surface area contributed by atoms with E-state index >= 15 is 0 Å². The van der Waals surface area contributed by atoms with Gasteiger partial charge in [-0.25, -0.2) is 0 Å². The number of thiocarbonyl (C=S) groups is 1. The lowest BCUT2D eigenvalue weighted by molar-refractivity contribution is 0.641. The molecule has 1 fully saturated rings. The lowest BCUT2D eigenvalue weighted by Gasteiger charge is -2.07. The van der Waals surface area contributed by atoms with Crippen LogP contribution >= 0.6 is 12.2 Å². The average molecular weight is 143 g/mol. The Morgan fingerprint density at radius 1 is 1.56 bits per heavy atom. The second kappa shape index (κ2) is 3.16. The average Bonchev–Trinajstić information content (AvgIpc) is 1.99. The highest BCUT2D eigenvalue weighted by Gasteiger charge is 2.10. The Morgan fingerprint density at radius 2 is 2.33 bits per heavy atom. The molecule has 1 N–H and O–H groups in total. The molecule has 1 aliphatic heterocycles. The van der Waals surface area contributed by atoms with Crippen LogP contribution in [-0.4, -0.2) is 11.5 Å². The van der Waals surface area contributed by atoms with Crippen molar-refractivity contribution in [2.75, 3.05) is 6.54 Å². The molecule has 0 spiro atoms. The van der Waals surface area contributed by atoms with Gasteiger partial charge in [-0.2, -0.15) is 0 Å². The van der Waals surface area contributed by atoms with Crippen LogP contribution in [0.25, 0.3) is 0 Å². The highest BCUT2D eigenvalue weighted by Crippen LogP contribution is 2.11. The van der Waals surface area contributed by atoms with Gasteiger partial charge in [-0.15, -0.1) is 0 Å². The van der Waals surface area contributed by atoms with Crippen molar-refractivity contribution >= 4 is 17.2 Å². The quantitative estimate of drug-likeness (QED) is 0.518. The van der Waals surface area contributed by atoms with Gasteiger partial charge in [0.1, 0.15) is 0 Å². The standard InChI is InChI=1S/C7H13NS/c1-6-4-2-3-5-8-7(6)9/h6H,2-5H2,1H3,(H,8,9)/t6-/m0/s1. The van der Waals surface area contributed by atoms with E-state index in [9.17, 15) is 0 Å². The summed E-state index contributed by atoms with van der Waals surface area (Å²) in [6.45, 7) is 3.28. The molecule has 9 heavy (non-hydrogen) atoms. The summed E-state index contributed by atoms with van der Waals surface area (Å²) in [6, 6.07) is 0. The molecule has 0 aromatic heterocycles. The van der Waals surface area contributed by atoms with E-state index in [0.717, 1.165) is 11.5 Å². The summed E-state index contributed by atoms with van der Waals surface area (Å²) in [6.07, 6.45) is 3.88. The van der Waals surface area contributed by atoms with Crippen molar-refractivity contribution in [3.05, 3.63) is 0 Å². The third-order valence-corrected chi connectivity index (χ3v) is 2.36. The van der Waals surface area contributed by atoms with Gasteiger partial charge in [-0.1, -0.05) is 25.6 Å². The summed E-state index contributed by atoms with van der Waals surface area (Å²) in [7, 11) is 0. The van der Waals surface area contributed by atoms with Crippen molar-refractivity contribution in [3.63, 3.8) is 0 Å². The lowest BCUT2D eigenvalue weighted by Crippen LogP contribution is -2.25. The number of rotatable bonds is 0. The van der Waals surface area contributed by atoms with Crippen molar-refractivity contribution in [2.24, 2.45) is 5.92 Å². The molecule has 1 heterocycles. The van der Waals surface area contributed by atoms with Gasteiger partial charge in [-0.05, 0) is 12.8 Å². The SMILES string of the molecule is C[C@H]1CCCCNC1=S. The molecule has 0 aromatic carbocycles. The third-order valence-electron chi connectivity index (χ3n) is 1.81. The van der Waals surface area contributed by atoms with Gasteiger partial charge >= 0.3 is 0 Å². The molecule has 0 radical (unpaired) electrons. The van der Waals surface area contributed by atoms with Crippen LogP contribution in [-0.2, 0) is 0 Å². The van der Waals surface area contributed by atoms with Gasteiger partial charge in [-0.3, -0.25) is 0 Å². The van der Waals surface area contributed by atoms with E-state index in [1.54, 1.807) is 0 Å². The first-order valence-electron chi connectivity index (χ1n) is 3.58. The number of hydrogen-bond donors (Lipinski definition) is 1. The summed E-state index contributed by atoms with van der Waals surface area (Å²) in [5.74, 6) is 0.613. The van der Waals surface area contributed by atoms with E-state index in [1.165, 1.54) is 19.3 Å². The van der Waals surface area contributed by atoms with Gasteiger partial charge < -0.3 is 5.32 Å². The monoisotopic (exact) mass is 143 g/mol. The van der Waals surface area contributed by atoms with Crippen molar-refractivity contribution < 1.29 is 0 Å². The van der Waals surface area contributed by atoms with Crippen LogP contribution in [0.4, 0.5) is 0 Å². The van der Waals surface area contributed by atoms with Crippen LogP contribution in [0.5, 0.6) is 0 Å². The molecule has 0 aliphatic carbocycles.